The Hall–Kier alpha value is -1.97. The molecule has 0 bridgehead atoms. The molecule has 1 atom stereocenters. The Bertz CT molecular complexity index is 507. The summed E-state index contributed by atoms with van der Waals surface area (Å²) in [5, 5.41) is 0. The quantitative estimate of drug-likeness (QED) is 0.455. The number of hydrogen-bond acceptors (Lipinski definition) is 4. The first-order valence-electron chi connectivity index (χ1n) is 8.32. The lowest BCUT2D eigenvalue weighted by atomic mass is 10.0. The van der Waals surface area contributed by atoms with Gasteiger partial charge in [0.2, 0.25) is 0 Å². The van der Waals surface area contributed by atoms with Crippen LogP contribution in [0, 0.1) is 0 Å². The van der Waals surface area contributed by atoms with Crippen LogP contribution in [-0.4, -0.2) is 23.6 Å². The van der Waals surface area contributed by atoms with Crippen molar-refractivity contribution in [2.24, 2.45) is 0 Å². The van der Waals surface area contributed by atoms with Gasteiger partial charge in [-0.15, -0.1) is 0 Å². The maximum Gasteiger partial charge on any atom is 0.338 e. The van der Waals surface area contributed by atoms with Gasteiger partial charge in [-0.2, -0.15) is 0 Å². The normalized spacial score (nSPS) is 11.7. The van der Waals surface area contributed by atoms with Crippen LogP contribution in [0.1, 0.15) is 69.2 Å². The summed E-state index contributed by atoms with van der Waals surface area (Å²) in [6.07, 6.45) is 4.06. The fraction of sp³-hybridized carbons (Fsp3) is 0.526. The Balaban J connectivity index is 2.62. The molecule has 0 saturated heterocycles. The molecule has 1 unspecified atom stereocenters. The number of ketones is 2. The lowest BCUT2D eigenvalue weighted by Gasteiger charge is -2.16. The minimum absolute atomic E-state index is 0.00968. The van der Waals surface area contributed by atoms with E-state index in [1.54, 1.807) is 24.3 Å². The molecule has 23 heavy (non-hydrogen) atoms. The molecule has 0 heterocycles. The lowest BCUT2D eigenvalue weighted by molar-refractivity contribution is -0.128. The fourth-order valence-corrected chi connectivity index (χ4v) is 2.28. The molecule has 1 aromatic rings. The molecule has 0 spiro atoms. The number of Topliss-reactive ketones (excluding diaryl/α,β-unsaturated/α-hetero) is 2. The highest BCUT2D eigenvalue weighted by Gasteiger charge is 2.23. The van der Waals surface area contributed by atoms with Gasteiger partial charge in [-0.05, 0) is 31.9 Å². The van der Waals surface area contributed by atoms with E-state index in [0.717, 1.165) is 25.7 Å². The van der Waals surface area contributed by atoms with Crippen LogP contribution in [0.3, 0.4) is 0 Å². The summed E-state index contributed by atoms with van der Waals surface area (Å²) in [5.41, 5.74) is 0.416. The van der Waals surface area contributed by atoms with Crippen molar-refractivity contribution in [2.45, 2.75) is 64.9 Å². The van der Waals surface area contributed by atoms with Crippen molar-refractivity contribution in [3.8, 4) is 0 Å². The number of unbranched alkanes of at least 4 members (excludes halogenated alkanes) is 3. The number of carbonyl (C=O) groups is 3. The van der Waals surface area contributed by atoms with Crippen LogP contribution in [0.25, 0.3) is 0 Å². The Labute approximate surface area is 138 Å². The summed E-state index contributed by atoms with van der Waals surface area (Å²) in [6.45, 7) is 3.58. The molecule has 0 fully saturated rings. The van der Waals surface area contributed by atoms with Gasteiger partial charge in [-0.25, -0.2) is 4.79 Å². The van der Waals surface area contributed by atoms with Gasteiger partial charge in [-0.1, -0.05) is 44.4 Å². The van der Waals surface area contributed by atoms with E-state index in [1.165, 1.54) is 6.92 Å². The fourth-order valence-electron chi connectivity index (χ4n) is 2.28. The van der Waals surface area contributed by atoms with Crippen molar-refractivity contribution in [3.63, 3.8) is 0 Å². The third-order valence-corrected chi connectivity index (χ3v) is 3.65. The van der Waals surface area contributed by atoms with Crippen molar-refractivity contribution in [3.05, 3.63) is 35.9 Å². The molecule has 4 nitrogen and oxygen atoms in total. The third kappa shape index (κ3) is 7.73. The highest BCUT2D eigenvalue weighted by atomic mass is 16.5. The largest absolute Gasteiger partial charge is 0.451 e. The molecule has 126 valence electrons. The standard InChI is InChI=1S/C19H26O4/c1-3-4-5-9-12-17(21)18(14-13-15(2)20)23-19(22)16-10-7-6-8-11-16/h6-8,10-11,18H,3-5,9,12-14H2,1-2H3. The molecule has 0 aliphatic carbocycles. The molecular weight excluding hydrogens is 292 g/mol. The van der Waals surface area contributed by atoms with Crippen LogP contribution < -0.4 is 0 Å². The SMILES string of the molecule is CCCCCCC(=O)C(CCC(C)=O)OC(=O)c1ccccc1. The highest BCUT2D eigenvalue weighted by Crippen LogP contribution is 2.13. The summed E-state index contributed by atoms with van der Waals surface area (Å²) in [4.78, 5) is 35.6. The summed E-state index contributed by atoms with van der Waals surface area (Å²) >= 11 is 0. The molecule has 0 aliphatic rings. The zero-order chi connectivity index (χ0) is 17.1. The first-order valence-corrected chi connectivity index (χ1v) is 8.32. The number of ether oxygens (including phenoxy) is 1. The van der Waals surface area contributed by atoms with Crippen LogP contribution in [-0.2, 0) is 14.3 Å². The second-order valence-corrected chi connectivity index (χ2v) is 5.78. The summed E-state index contributed by atoms with van der Waals surface area (Å²) in [5.74, 6) is -0.614. The van der Waals surface area contributed by atoms with Gasteiger partial charge in [-0.3, -0.25) is 4.79 Å². The molecule has 1 rings (SSSR count). The van der Waals surface area contributed by atoms with Gasteiger partial charge < -0.3 is 9.53 Å². The minimum atomic E-state index is -0.826. The van der Waals surface area contributed by atoms with Crippen molar-refractivity contribution in [2.75, 3.05) is 0 Å². The van der Waals surface area contributed by atoms with Crippen LogP contribution in [0.15, 0.2) is 30.3 Å². The van der Waals surface area contributed by atoms with Gasteiger partial charge in [0, 0.05) is 12.8 Å². The molecule has 0 aromatic heterocycles. The average Bonchev–Trinajstić information content (AvgIpc) is 2.55. The third-order valence-electron chi connectivity index (χ3n) is 3.65. The molecule has 0 N–H and O–H groups in total. The maximum atomic E-state index is 12.3. The van der Waals surface area contributed by atoms with Crippen molar-refractivity contribution < 1.29 is 19.1 Å². The first kappa shape index (κ1) is 19.1. The maximum absolute atomic E-state index is 12.3. The second kappa shape index (κ2) is 10.7. The summed E-state index contributed by atoms with van der Waals surface area (Å²) < 4.78 is 5.37. The van der Waals surface area contributed by atoms with Gasteiger partial charge in [0.25, 0.3) is 0 Å². The number of benzene rings is 1. The average molecular weight is 318 g/mol. The Morgan fingerprint density at radius 3 is 2.30 bits per heavy atom. The van der Waals surface area contributed by atoms with Crippen LogP contribution >= 0.6 is 0 Å². The lowest BCUT2D eigenvalue weighted by Crippen LogP contribution is -2.28. The zero-order valence-corrected chi connectivity index (χ0v) is 14.0. The Morgan fingerprint density at radius 1 is 1.00 bits per heavy atom. The molecular formula is C19H26O4. The summed E-state index contributed by atoms with van der Waals surface area (Å²) in [7, 11) is 0. The number of rotatable bonds is 11. The van der Waals surface area contributed by atoms with E-state index in [-0.39, 0.29) is 24.4 Å². The highest BCUT2D eigenvalue weighted by molar-refractivity contribution is 5.93. The summed E-state index contributed by atoms with van der Waals surface area (Å²) in [6, 6.07) is 8.59. The molecule has 0 amide bonds. The second-order valence-electron chi connectivity index (χ2n) is 5.78. The van der Waals surface area contributed by atoms with E-state index in [2.05, 4.69) is 6.92 Å². The molecule has 0 radical (unpaired) electrons. The van der Waals surface area contributed by atoms with Gasteiger partial charge in [0.05, 0.1) is 5.56 Å². The number of hydrogen-bond donors (Lipinski definition) is 0. The van der Waals surface area contributed by atoms with E-state index in [9.17, 15) is 14.4 Å². The molecule has 1 aromatic carbocycles. The topological polar surface area (TPSA) is 60.4 Å². The van der Waals surface area contributed by atoms with Crippen LogP contribution in [0.4, 0.5) is 0 Å². The van der Waals surface area contributed by atoms with E-state index in [1.807, 2.05) is 6.07 Å². The van der Waals surface area contributed by atoms with E-state index >= 15 is 0 Å². The number of esters is 1. The van der Waals surface area contributed by atoms with Crippen LogP contribution in [0.2, 0.25) is 0 Å². The predicted molar refractivity (Wildman–Crippen MR) is 89.3 cm³/mol. The van der Waals surface area contributed by atoms with Crippen molar-refractivity contribution >= 4 is 17.5 Å². The number of carbonyl (C=O) groups excluding carboxylic acids is 3. The van der Waals surface area contributed by atoms with E-state index < -0.39 is 12.1 Å². The molecule has 4 heteroatoms. The minimum Gasteiger partial charge on any atom is -0.451 e. The van der Waals surface area contributed by atoms with Crippen molar-refractivity contribution in [1.29, 1.82) is 0 Å². The monoisotopic (exact) mass is 318 g/mol. The molecule has 0 aliphatic heterocycles. The van der Waals surface area contributed by atoms with Gasteiger partial charge in [0.1, 0.15) is 5.78 Å². The van der Waals surface area contributed by atoms with Crippen LogP contribution in [0.5, 0.6) is 0 Å². The van der Waals surface area contributed by atoms with Gasteiger partial charge >= 0.3 is 5.97 Å². The first-order chi connectivity index (χ1) is 11.0. The van der Waals surface area contributed by atoms with Gasteiger partial charge in [0.15, 0.2) is 11.9 Å². The molecule has 0 saturated carbocycles. The Morgan fingerprint density at radius 2 is 1.70 bits per heavy atom. The smallest absolute Gasteiger partial charge is 0.338 e. The Kier molecular flexibility index (Phi) is 8.88. The predicted octanol–water partition coefficient (Wildman–Crippen LogP) is 4.12. The zero-order valence-electron chi connectivity index (χ0n) is 14.0. The van der Waals surface area contributed by atoms with E-state index in [0.29, 0.717) is 12.0 Å². The van der Waals surface area contributed by atoms with Crippen molar-refractivity contribution in [1.82, 2.24) is 0 Å². The van der Waals surface area contributed by atoms with E-state index in [4.69, 9.17) is 4.74 Å².